The lowest BCUT2D eigenvalue weighted by Crippen LogP contribution is -2.37. The first-order chi connectivity index (χ1) is 8.52. The lowest BCUT2D eigenvalue weighted by molar-refractivity contribution is 0.280. The van der Waals surface area contributed by atoms with Crippen molar-refractivity contribution < 1.29 is 0 Å². The van der Waals surface area contributed by atoms with Crippen molar-refractivity contribution in [1.82, 2.24) is 4.98 Å². The number of aromatic nitrogens is 1. The van der Waals surface area contributed by atoms with Crippen LogP contribution in [0.3, 0.4) is 0 Å². The van der Waals surface area contributed by atoms with Gasteiger partial charge < -0.3 is 10.6 Å². The highest BCUT2D eigenvalue weighted by Gasteiger charge is 2.25. The maximum absolute atomic E-state index is 5.98. The summed E-state index contributed by atoms with van der Waals surface area (Å²) in [4.78, 5) is 6.92. The molecule has 0 aromatic carbocycles. The number of hydrogen-bond donors (Lipinski definition) is 1. The molecule has 100 valence electrons. The lowest BCUT2D eigenvalue weighted by Gasteiger charge is -2.38. The second-order valence-electron chi connectivity index (χ2n) is 6.11. The summed E-state index contributed by atoms with van der Waals surface area (Å²) >= 11 is 0. The van der Waals surface area contributed by atoms with E-state index < -0.39 is 0 Å². The van der Waals surface area contributed by atoms with Gasteiger partial charge >= 0.3 is 0 Å². The summed E-state index contributed by atoms with van der Waals surface area (Å²) in [5.41, 5.74) is 8.71. The third kappa shape index (κ3) is 3.02. The molecule has 0 spiro atoms. The van der Waals surface area contributed by atoms with Crippen LogP contribution in [0.1, 0.15) is 51.8 Å². The topological polar surface area (TPSA) is 42.1 Å². The van der Waals surface area contributed by atoms with Gasteiger partial charge in [0.15, 0.2) is 0 Å². The molecule has 2 heterocycles. The van der Waals surface area contributed by atoms with Gasteiger partial charge in [-0.15, -0.1) is 0 Å². The van der Waals surface area contributed by atoms with Crippen molar-refractivity contribution in [3.8, 4) is 0 Å². The Kier molecular flexibility index (Phi) is 3.91. The van der Waals surface area contributed by atoms with E-state index >= 15 is 0 Å². The van der Waals surface area contributed by atoms with E-state index in [4.69, 9.17) is 5.73 Å². The summed E-state index contributed by atoms with van der Waals surface area (Å²) in [6.07, 6.45) is 5.42. The van der Waals surface area contributed by atoms with E-state index in [-0.39, 0.29) is 6.04 Å². The molecule has 2 N–H and O–H groups in total. The maximum atomic E-state index is 5.98. The van der Waals surface area contributed by atoms with Gasteiger partial charge in [0.05, 0.1) is 17.6 Å². The molecule has 1 aromatic rings. The first-order valence-corrected chi connectivity index (χ1v) is 6.98. The fraction of sp³-hybridized carbons (Fsp3) is 0.667. The SMILES string of the molecule is CC[C@H](N)c1ccc(N2CCC(C)(C)CC2)cn1. The zero-order chi connectivity index (χ0) is 13.2. The van der Waals surface area contributed by atoms with Gasteiger partial charge in [0.1, 0.15) is 0 Å². The zero-order valence-corrected chi connectivity index (χ0v) is 11.8. The largest absolute Gasteiger partial charge is 0.370 e. The molecule has 0 unspecified atom stereocenters. The fourth-order valence-electron chi connectivity index (χ4n) is 2.38. The quantitative estimate of drug-likeness (QED) is 0.892. The molecule has 3 nitrogen and oxygen atoms in total. The standard InChI is InChI=1S/C15H25N3/c1-4-13(16)14-6-5-12(11-17-14)18-9-7-15(2,3)8-10-18/h5-6,11,13H,4,7-10,16H2,1-3H3/t13-/m0/s1. The van der Waals surface area contributed by atoms with Crippen molar-refractivity contribution in [2.45, 2.75) is 46.1 Å². The van der Waals surface area contributed by atoms with Gasteiger partial charge in [0.2, 0.25) is 0 Å². The predicted molar refractivity (Wildman–Crippen MR) is 76.7 cm³/mol. The molecule has 1 fully saturated rings. The van der Waals surface area contributed by atoms with Crippen LogP contribution >= 0.6 is 0 Å². The number of pyridine rings is 1. The summed E-state index contributed by atoms with van der Waals surface area (Å²) in [5.74, 6) is 0. The van der Waals surface area contributed by atoms with Crippen molar-refractivity contribution in [3.05, 3.63) is 24.0 Å². The minimum atomic E-state index is 0.0688. The van der Waals surface area contributed by atoms with E-state index in [1.165, 1.54) is 18.5 Å². The molecule has 18 heavy (non-hydrogen) atoms. The molecule has 1 aromatic heterocycles. The third-order valence-electron chi connectivity index (χ3n) is 4.07. The molecule has 0 radical (unpaired) electrons. The number of piperidine rings is 1. The molecule has 1 aliphatic rings. The molecule has 1 aliphatic heterocycles. The van der Waals surface area contributed by atoms with Crippen molar-refractivity contribution in [2.24, 2.45) is 11.1 Å². The van der Waals surface area contributed by atoms with Crippen LogP contribution in [-0.2, 0) is 0 Å². The monoisotopic (exact) mass is 247 g/mol. The van der Waals surface area contributed by atoms with Crippen molar-refractivity contribution in [2.75, 3.05) is 18.0 Å². The molecule has 3 heteroatoms. The molecule has 1 atom stereocenters. The summed E-state index contributed by atoms with van der Waals surface area (Å²) in [6, 6.07) is 4.30. The van der Waals surface area contributed by atoms with Crippen LogP contribution in [-0.4, -0.2) is 18.1 Å². The highest BCUT2D eigenvalue weighted by atomic mass is 15.1. The number of nitrogens with two attached hydrogens (primary N) is 1. The molecule has 0 amide bonds. The van der Waals surface area contributed by atoms with Gasteiger partial charge in [-0.2, -0.15) is 0 Å². The molecular weight excluding hydrogens is 222 g/mol. The van der Waals surface area contributed by atoms with Crippen LogP contribution in [0, 0.1) is 5.41 Å². The molecular formula is C15H25N3. The number of anilines is 1. The Labute approximate surface area is 110 Å². The Balaban J connectivity index is 2.02. The zero-order valence-electron chi connectivity index (χ0n) is 11.8. The molecule has 0 bridgehead atoms. The first-order valence-electron chi connectivity index (χ1n) is 6.98. The van der Waals surface area contributed by atoms with Crippen LogP contribution < -0.4 is 10.6 Å². The van der Waals surface area contributed by atoms with Gasteiger partial charge in [-0.1, -0.05) is 20.8 Å². The van der Waals surface area contributed by atoms with Crippen LogP contribution in [0.4, 0.5) is 5.69 Å². The molecule has 1 saturated heterocycles. The number of nitrogens with zero attached hydrogens (tertiary/aromatic N) is 2. The van der Waals surface area contributed by atoms with Crippen LogP contribution in [0.25, 0.3) is 0 Å². The van der Waals surface area contributed by atoms with Gasteiger partial charge in [0, 0.05) is 19.1 Å². The summed E-state index contributed by atoms with van der Waals surface area (Å²) in [5, 5.41) is 0. The van der Waals surface area contributed by atoms with E-state index in [1.807, 2.05) is 6.20 Å². The Morgan fingerprint density at radius 1 is 1.33 bits per heavy atom. The lowest BCUT2D eigenvalue weighted by atomic mass is 9.82. The van der Waals surface area contributed by atoms with E-state index in [1.54, 1.807) is 0 Å². The van der Waals surface area contributed by atoms with E-state index in [0.717, 1.165) is 25.2 Å². The van der Waals surface area contributed by atoms with E-state index in [2.05, 4.69) is 42.8 Å². The maximum Gasteiger partial charge on any atom is 0.0572 e. The highest BCUT2D eigenvalue weighted by Crippen LogP contribution is 2.32. The van der Waals surface area contributed by atoms with Gasteiger partial charge in [-0.3, -0.25) is 4.98 Å². The van der Waals surface area contributed by atoms with Crippen molar-refractivity contribution in [1.29, 1.82) is 0 Å². The van der Waals surface area contributed by atoms with Crippen LogP contribution in [0.2, 0.25) is 0 Å². The van der Waals surface area contributed by atoms with Gasteiger partial charge in [-0.25, -0.2) is 0 Å². The predicted octanol–water partition coefficient (Wildman–Crippen LogP) is 3.12. The normalized spacial score (nSPS) is 20.8. The van der Waals surface area contributed by atoms with Crippen molar-refractivity contribution >= 4 is 5.69 Å². The van der Waals surface area contributed by atoms with Crippen LogP contribution in [0.5, 0.6) is 0 Å². The van der Waals surface area contributed by atoms with Gasteiger partial charge in [0.25, 0.3) is 0 Å². The first kappa shape index (κ1) is 13.3. The molecule has 0 saturated carbocycles. The second-order valence-corrected chi connectivity index (χ2v) is 6.11. The summed E-state index contributed by atoms with van der Waals surface area (Å²) in [6.45, 7) is 9.06. The summed E-state index contributed by atoms with van der Waals surface area (Å²) < 4.78 is 0. The minimum Gasteiger partial charge on any atom is -0.370 e. The highest BCUT2D eigenvalue weighted by molar-refractivity contribution is 5.45. The number of rotatable bonds is 3. The van der Waals surface area contributed by atoms with Crippen molar-refractivity contribution in [3.63, 3.8) is 0 Å². The minimum absolute atomic E-state index is 0.0688. The Bertz CT molecular complexity index is 373. The summed E-state index contributed by atoms with van der Waals surface area (Å²) in [7, 11) is 0. The van der Waals surface area contributed by atoms with E-state index in [9.17, 15) is 0 Å². The Morgan fingerprint density at radius 3 is 2.50 bits per heavy atom. The Morgan fingerprint density at radius 2 is 2.00 bits per heavy atom. The fourth-order valence-corrected chi connectivity index (χ4v) is 2.38. The second kappa shape index (κ2) is 5.27. The molecule has 0 aliphatic carbocycles. The van der Waals surface area contributed by atoms with Crippen LogP contribution in [0.15, 0.2) is 18.3 Å². The number of hydrogen-bond acceptors (Lipinski definition) is 3. The smallest absolute Gasteiger partial charge is 0.0572 e. The average molecular weight is 247 g/mol. The Hall–Kier alpha value is -1.09. The third-order valence-corrected chi connectivity index (χ3v) is 4.07. The van der Waals surface area contributed by atoms with E-state index in [0.29, 0.717) is 5.41 Å². The average Bonchev–Trinajstić information content (AvgIpc) is 2.38. The molecule has 2 rings (SSSR count). The van der Waals surface area contributed by atoms with Gasteiger partial charge in [-0.05, 0) is 36.8 Å².